The van der Waals surface area contributed by atoms with Gasteiger partial charge in [-0.3, -0.25) is 14.4 Å². The quantitative estimate of drug-likeness (QED) is 0.303. The molecular formula is C25H33N3O7. The van der Waals surface area contributed by atoms with Crippen molar-refractivity contribution >= 4 is 17.5 Å². The van der Waals surface area contributed by atoms with E-state index in [2.05, 4.69) is 0 Å². The number of ketones is 2. The van der Waals surface area contributed by atoms with Crippen LogP contribution in [-0.4, -0.2) is 74.6 Å². The minimum absolute atomic E-state index is 0.00472. The lowest BCUT2D eigenvalue weighted by atomic mass is 9.55. The number of rotatable bonds is 5. The third kappa shape index (κ3) is 3.42. The summed E-state index contributed by atoms with van der Waals surface area (Å²) in [6.07, 6.45) is 0.362. The summed E-state index contributed by atoms with van der Waals surface area (Å²) >= 11 is 0. The maximum atomic E-state index is 13.7. The summed E-state index contributed by atoms with van der Waals surface area (Å²) in [7, 11) is 3.26. The lowest BCUT2D eigenvalue weighted by molar-refractivity contribution is -0.178. The Kier molecular flexibility index (Phi) is 6.29. The van der Waals surface area contributed by atoms with Crippen LogP contribution in [0, 0.1) is 17.8 Å². The lowest BCUT2D eigenvalue weighted by Crippen LogP contribution is -2.71. The van der Waals surface area contributed by atoms with Crippen LogP contribution in [0.3, 0.4) is 0 Å². The van der Waals surface area contributed by atoms with E-state index < -0.39 is 58.7 Å². The maximum Gasteiger partial charge on any atom is 0.230 e. The number of carbonyl (C=O) groups is 3. The third-order valence-electron chi connectivity index (χ3n) is 8.00. The van der Waals surface area contributed by atoms with Crippen LogP contribution < -0.4 is 11.5 Å². The van der Waals surface area contributed by atoms with Crippen LogP contribution in [0.2, 0.25) is 0 Å². The first kappa shape index (κ1) is 25.3. The number of aromatic hydroxyl groups is 1. The van der Waals surface area contributed by atoms with Crippen molar-refractivity contribution in [2.45, 2.75) is 56.9 Å². The molecule has 190 valence electrons. The Hall–Kier alpha value is -2.79. The van der Waals surface area contributed by atoms with Crippen molar-refractivity contribution in [1.82, 2.24) is 4.90 Å². The van der Waals surface area contributed by atoms with Crippen molar-refractivity contribution in [3.8, 4) is 5.75 Å². The number of benzene rings is 1. The average molecular weight is 488 g/mol. The predicted molar refractivity (Wildman–Crippen MR) is 125 cm³/mol. The molecule has 6 atom stereocenters. The monoisotopic (exact) mass is 487 g/mol. The van der Waals surface area contributed by atoms with E-state index in [0.29, 0.717) is 24.0 Å². The number of Topliss-reactive ketones (excluding diaryl/α,β-unsaturated/α-hetero) is 2. The summed E-state index contributed by atoms with van der Waals surface area (Å²) in [5.41, 5.74) is 10.4. The van der Waals surface area contributed by atoms with Crippen LogP contribution in [0.5, 0.6) is 5.75 Å². The Bertz CT molecular complexity index is 1140. The molecule has 0 bridgehead atoms. The molecule has 3 aliphatic rings. The number of allylic oxidation sites excluding steroid dienone is 1. The first-order valence-electron chi connectivity index (χ1n) is 11.9. The number of amides is 1. The molecule has 0 spiro atoms. The summed E-state index contributed by atoms with van der Waals surface area (Å²) in [4.78, 5) is 40.8. The van der Waals surface area contributed by atoms with Crippen LogP contribution in [0.4, 0.5) is 0 Å². The van der Waals surface area contributed by atoms with Crippen molar-refractivity contribution in [2.24, 2.45) is 29.2 Å². The standard InChI is InChI=1S/C25H33N3O7/c1-4-5-10-6-12(9-26)19(29)16-13(10)7-11-8-14-18(28(2)3)21(31)17(24(27)34)23(33)25(14,35)22(32)15(11)20(16)30/h6,11,14,17-18,21,29,31-32,35H,4-5,7-9,26H2,1-3H3,(H2,27,34)/t11-,14-,17?,18-,21?,25-/m0/s1. The molecule has 1 saturated carbocycles. The van der Waals surface area contributed by atoms with Gasteiger partial charge < -0.3 is 36.8 Å². The molecule has 1 amide bonds. The molecule has 2 unspecified atom stereocenters. The van der Waals surface area contributed by atoms with E-state index in [9.17, 15) is 34.8 Å². The molecule has 0 aliphatic heterocycles. The largest absolute Gasteiger partial charge is 0.508 e. The van der Waals surface area contributed by atoms with Gasteiger partial charge in [-0.05, 0) is 50.4 Å². The van der Waals surface area contributed by atoms with Gasteiger partial charge in [0.25, 0.3) is 0 Å². The number of phenolic OH excluding ortho intramolecular Hbond substituents is 1. The van der Waals surface area contributed by atoms with Crippen LogP contribution in [0.25, 0.3) is 0 Å². The first-order chi connectivity index (χ1) is 16.4. The van der Waals surface area contributed by atoms with Crippen molar-refractivity contribution in [3.05, 3.63) is 39.7 Å². The molecule has 10 nitrogen and oxygen atoms in total. The SMILES string of the molecule is CCCc1cc(CN)c(O)c2c1C[C@H]1C[C@H]3[C@H](N(C)C)C(O)C(C(N)=O)C(=O)[C@@]3(O)C(O)=C1C2=O. The highest BCUT2D eigenvalue weighted by Gasteiger charge is 2.66. The van der Waals surface area contributed by atoms with Crippen LogP contribution in [-0.2, 0) is 29.0 Å². The Morgan fingerprint density at radius 1 is 1.23 bits per heavy atom. The number of phenols is 1. The fraction of sp³-hybridized carbons (Fsp3) is 0.560. The van der Waals surface area contributed by atoms with Gasteiger partial charge in [-0.1, -0.05) is 19.4 Å². The third-order valence-corrected chi connectivity index (χ3v) is 8.00. The average Bonchev–Trinajstić information content (AvgIpc) is 2.77. The summed E-state index contributed by atoms with van der Waals surface area (Å²) in [5, 5.41) is 44.8. The molecule has 3 aliphatic carbocycles. The zero-order chi connectivity index (χ0) is 26.0. The minimum Gasteiger partial charge on any atom is -0.508 e. The lowest BCUT2D eigenvalue weighted by Gasteiger charge is -2.53. The summed E-state index contributed by atoms with van der Waals surface area (Å²) < 4.78 is 0. The highest BCUT2D eigenvalue weighted by molar-refractivity contribution is 6.15. The molecule has 1 aromatic carbocycles. The smallest absolute Gasteiger partial charge is 0.230 e. The Balaban J connectivity index is 1.95. The molecular weight excluding hydrogens is 454 g/mol. The molecule has 8 N–H and O–H groups in total. The number of hydrogen-bond donors (Lipinski definition) is 6. The number of aliphatic hydroxyl groups is 3. The van der Waals surface area contributed by atoms with Gasteiger partial charge in [0, 0.05) is 29.6 Å². The summed E-state index contributed by atoms with van der Waals surface area (Å²) in [6.45, 7) is 2.00. The summed E-state index contributed by atoms with van der Waals surface area (Å²) in [6, 6.07) is 0.908. The zero-order valence-corrected chi connectivity index (χ0v) is 20.1. The molecule has 10 heteroatoms. The van der Waals surface area contributed by atoms with E-state index in [0.717, 1.165) is 12.0 Å². The van der Waals surface area contributed by atoms with Gasteiger partial charge in [-0.25, -0.2) is 0 Å². The Morgan fingerprint density at radius 3 is 2.43 bits per heavy atom. The second-order valence-corrected chi connectivity index (χ2v) is 10.1. The second-order valence-electron chi connectivity index (χ2n) is 10.1. The van der Waals surface area contributed by atoms with Gasteiger partial charge in [-0.15, -0.1) is 0 Å². The van der Waals surface area contributed by atoms with Crippen molar-refractivity contribution in [3.63, 3.8) is 0 Å². The number of aliphatic hydroxyl groups excluding tert-OH is 2. The van der Waals surface area contributed by atoms with Gasteiger partial charge in [0.15, 0.2) is 17.2 Å². The molecule has 0 radical (unpaired) electrons. The molecule has 1 fully saturated rings. The number of aryl methyl sites for hydroxylation is 1. The molecule has 4 rings (SSSR count). The molecule has 0 saturated heterocycles. The van der Waals surface area contributed by atoms with Crippen molar-refractivity contribution in [1.29, 1.82) is 0 Å². The second kappa shape index (κ2) is 8.70. The maximum absolute atomic E-state index is 13.7. The number of hydrogen-bond acceptors (Lipinski definition) is 9. The predicted octanol–water partition coefficient (Wildman–Crippen LogP) is -0.303. The van der Waals surface area contributed by atoms with Crippen LogP contribution in [0.1, 0.15) is 46.8 Å². The van der Waals surface area contributed by atoms with E-state index in [1.54, 1.807) is 25.1 Å². The highest BCUT2D eigenvalue weighted by Crippen LogP contribution is 2.53. The van der Waals surface area contributed by atoms with Crippen LogP contribution >= 0.6 is 0 Å². The van der Waals surface area contributed by atoms with Gasteiger partial charge in [-0.2, -0.15) is 0 Å². The van der Waals surface area contributed by atoms with E-state index in [1.165, 1.54) is 0 Å². The van der Waals surface area contributed by atoms with E-state index >= 15 is 0 Å². The van der Waals surface area contributed by atoms with E-state index in [-0.39, 0.29) is 29.9 Å². The van der Waals surface area contributed by atoms with E-state index in [1.807, 2.05) is 6.92 Å². The molecule has 0 aromatic heterocycles. The molecule has 35 heavy (non-hydrogen) atoms. The number of nitrogens with zero attached hydrogens (tertiary/aromatic N) is 1. The number of carbonyl (C=O) groups excluding carboxylic acids is 3. The zero-order valence-electron chi connectivity index (χ0n) is 20.1. The Morgan fingerprint density at radius 2 is 1.89 bits per heavy atom. The first-order valence-corrected chi connectivity index (χ1v) is 11.9. The van der Waals surface area contributed by atoms with Crippen LogP contribution in [0.15, 0.2) is 17.4 Å². The van der Waals surface area contributed by atoms with Crippen molar-refractivity contribution < 1.29 is 34.8 Å². The molecule has 0 heterocycles. The molecule has 1 aromatic rings. The van der Waals surface area contributed by atoms with E-state index in [4.69, 9.17) is 11.5 Å². The number of primary amides is 1. The topological polar surface area (TPSA) is 187 Å². The fourth-order valence-corrected chi connectivity index (χ4v) is 6.46. The minimum atomic E-state index is -2.58. The summed E-state index contributed by atoms with van der Waals surface area (Å²) in [5.74, 6) is -7.36. The highest BCUT2D eigenvalue weighted by atomic mass is 16.3. The van der Waals surface area contributed by atoms with Gasteiger partial charge in [0.1, 0.15) is 17.4 Å². The van der Waals surface area contributed by atoms with Gasteiger partial charge in [0.2, 0.25) is 5.91 Å². The fourth-order valence-electron chi connectivity index (χ4n) is 6.46. The van der Waals surface area contributed by atoms with Gasteiger partial charge >= 0.3 is 0 Å². The number of nitrogens with two attached hydrogens (primary N) is 2. The number of fused-ring (bicyclic) bond motifs is 3. The van der Waals surface area contributed by atoms with Crippen molar-refractivity contribution in [2.75, 3.05) is 14.1 Å². The Labute approximate surface area is 203 Å². The number of likely N-dealkylation sites (N-methyl/N-ethyl adjacent to an activating group) is 1. The van der Waals surface area contributed by atoms with Gasteiger partial charge in [0.05, 0.1) is 11.7 Å². The normalized spacial score (nSPS) is 32.4.